The molecule has 132 valence electrons. The highest BCUT2D eigenvalue weighted by Crippen LogP contribution is 2.40. The second-order valence-electron chi connectivity index (χ2n) is 6.39. The monoisotopic (exact) mass is 358 g/mol. The van der Waals surface area contributed by atoms with Crippen molar-refractivity contribution in [3.05, 3.63) is 46.1 Å². The van der Waals surface area contributed by atoms with Gasteiger partial charge in [0, 0.05) is 17.3 Å². The van der Waals surface area contributed by atoms with E-state index in [1.807, 2.05) is 6.92 Å². The lowest BCUT2D eigenvalue weighted by atomic mass is 9.88. The third-order valence-corrected chi connectivity index (χ3v) is 5.47. The molecule has 0 radical (unpaired) electrons. The SMILES string of the molecule is CCCOC(=O)c1c(NC(=O)c2cccnc2)sc2c1CC[C@H](C)C2. The predicted molar refractivity (Wildman–Crippen MR) is 98.3 cm³/mol. The Bertz CT molecular complexity index is 770. The molecule has 1 aliphatic carbocycles. The molecule has 2 heterocycles. The first kappa shape index (κ1) is 17.6. The molecule has 0 bridgehead atoms. The Morgan fingerprint density at radius 2 is 2.28 bits per heavy atom. The van der Waals surface area contributed by atoms with Crippen LogP contribution in [0.15, 0.2) is 24.5 Å². The molecule has 0 saturated heterocycles. The molecule has 1 amide bonds. The number of aromatic nitrogens is 1. The van der Waals surface area contributed by atoms with Gasteiger partial charge in [-0.15, -0.1) is 11.3 Å². The number of nitrogens with zero attached hydrogens (tertiary/aromatic N) is 1. The summed E-state index contributed by atoms with van der Waals surface area (Å²) < 4.78 is 5.36. The summed E-state index contributed by atoms with van der Waals surface area (Å²) in [6, 6.07) is 3.42. The Kier molecular flexibility index (Phi) is 5.48. The van der Waals surface area contributed by atoms with Crippen LogP contribution in [0.25, 0.3) is 0 Å². The summed E-state index contributed by atoms with van der Waals surface area (Å²) in [6.45, 7) is 4.56. The standard InChI is InChI=1S/C19H22N2O3S/c1-3-9-24-19(23)16-14-7-6-12(2)10-15(14)25-18(16)21-17(22)13-5-4-8-20-11-13/h4-5,8,11-12H,3,6-7,9-10H2,1-2H3,(H,21,22)/t12-/m0/s1. The first-order chi connectivity index (χ1) is 12.1. The predicted octanol–water partition coefficient (Wildman–Crippen LogP) is 4.09. The highest BCUT2D eigenvalue weighted by Gasteiger charge is 2.29. The highest BCUT2D eigenvalue weighted by molar-refractivity contribution is 7.17. The number of rotatable bonds is 5. The Labute approximate surface area is 151 Å². The summed E-state index contributed by atoms with van der Waals surface area (Å²) in [6.07, 6.45) is 6.75. The van der Waals surface area contributed by atoms with Crippen LogP contribution in [0, 0.1) is 5.92 Å². The number of hydrogen-bond acceptors (Lipinski definition) is 5. The van der Waals surface area contributed by atoms with Gasteiger partial charge in [0.05, 0.1) is 17.7 Å². The van der Waals surface area contributed by atoms with Gasteiger partial charge in [0.1, 0.15) is 5.00 Å². The number of carbonyl (C=O) groups is 2. The quantitative estimate of drug-likeness (QED) is 0.818. The van der Waals surface area contributed by atoms with E-state index in [0.717, 1.165) is 31.2 Å². The van der Waals surface area contributed by atoms with Crippen LogP contribution in [0.5, 0.6) is 0 Å². The van der Waals surface area contributed by atoms with Gasteiger partial charge in [-0.3, -0.25) is 9.78 Å². The second kappa shape index (κ2) is 7.78. The molecule has 0 spiro atoms. The molecule has 1 N–H and O–H groups in total. The van der Waals surface area contributed by atoms with E-state index in [0.29, 0.717) is 28.7 Å². The van der Waals surface area contributed by atoms with Gasteiger partial charge in [-0.2, -0.15) is 0 Å². The summed E-state index contributed by atoms with van der Waals surface area (Å²) in [7, 11) is 0. The number of pyridine rings is 1. The summed E-state index contributed by atoms with van der Waals surface area (Å²) in [5, 5.41) is 3.49. The summed E-state index contributed by atoms with van der Waals surface area (Å²) in [5.74, 6) is -0.00721. The lowest BCUT2D eigenvalue weighted by molar-refractivity contribution is 0.0505. The fraction of sp³-hybridized carbons (Fsp3) is 0.421. The lowest BCUT2D eigenvalue weighted by Gasteiger charge is -2.18. The molecule has 0 aromatic carbocycles. The van der Waals surface area contributed by atoms with Crippen LogP contribution < -0.4 is 5.32 Å². The normalized spacial score (nSPS) is 16.2. The third kappa shape index (κ3) is 3.90. The van der Waals surface area contributed by atoms with E-state index in [1.54, 1.807) is 18.3 Å². The second-order valence-corrected chi connectivity index (χ2v) is 7.49. The van der Waals surface area contributed by atoms with Gasteiger partial charge in [-0.1, -0.05) is 13.8 Å². The highest BCUT2D eigenvalue weighted by atomic mass is 32.1. The van der Waals surface area contributed by atoms with Gasteiger partial charge >= 0.3 is 5.97 Å². The largest absolute Gasteiger partial charge is 0.462 e. The van der Waals surface area contributed by atoms with E-state index in [2.05, 4.69) is 17.2 Å². The van der Waals surface area contributed by atoms with Gasteiger partial charge in [-0.25, -0.2) is 4.79 Å². The van der Waals surface area contributed by atoms with Crippen molar-refractivity contribution in [3.8, 4) is 0 Å². The van der Waals surface area contributed by atoms with Crippen LogP contribution in [0.4, 0.5) is 5.00 Å². The van der Waals surface area contributed by atoms with Crippen LogP contribution in [-0.2, 0) is 17.6 Å². The number of hydrogen-bond donors (Lipinski definition) is 1. The van der Waals surface area contributed by atoms with E-state index in [1.165, 1.54) is 22.4 Å². The first-order valence-corrected chi connectivity index (χ1v) is 9.44. The molecular formula is C19H22N2O3S. The van der Waals surface area contributed by atoms with Gasteiger partial charge in [0.2, 0.25) is 0 Å². The zero-order chi connectivity index (χ0) is 17.8. The molecule has 2 aromatic heterocycles. The number of ether oxygens (including phenoxy) is 1. The van der Waals surface area contributed by atoms with Crippen molar-refractivity contribution in [1.82, 2.24) is 4.98 Å². The maximum Gasteiger partial charge on any atom is 0.341 e. The van der Waals surface area contributed by atoms with Gasteiger partial charge in [0.15, 0.2) is 0 Å². The number of esters is 1. The fourth-order valence-corrected chi connectivity index (χ4v) is 4.39. The van der Waals surface area contributed by atoms with Gasteiger partial charge < -0.3 is 10.1 Å². The van der Waals surface area contributed by atoms with Gasteiger partial charge in [0.25, 0.3) is 5.91 Å². The summed E-state index contributed by atoms with van der Waals surface area (Å²) in [4.78, 5) is 30.2. The van der Waals surface area contributed by atoms with Crippen LogP contribution >= 0.6 is 11.3 Å². The molecule has 6 heteroatoms. The van der Waals surface area contributed by atoms with E-state index in [4.69, 9.17) is 4.74 Å². The number of fused-ring (bicyclic) bond motifs is 1. The van der Waals surface area contributed by atoms with Crippen molar-refractivity contribution in [2.24, 2.45) is 5.92 Å². The Morgan fingerprint density at radius 1 is 1.44 bits per heavy atom. The smallest absolute Gasteiger partial charge is 0.341 e. The molecule has 0 saturated carbocycles. The van der Waals surface area contributed by atoms with Crippen LogP contribution in [0.1, 0.15) is 57.8 Å². The van der Waals surface area contributed by atoms with E-state index in [-0.39, 0.29) is 11.9 Å². The number of amides is 1. The van der Waals surface area contributed by atoms with Gasteiger partial charge in [-0.05, 0) is 49.3 Å². The van der Waals surface area contributed by atoms with Crippen LogP contribution in [0.3, 0.4) is 0 Å². The number of nitrogens with one attached hydrogen (secondary N) is 1. The minimum absolute atomic E-state index is 0.260. The molecule has 2 aromatic rings. The summed E-state index contributed by atoms with van der Waals surface area (Å²) >= 11 is 1.50. The van der Waals surface area contributed by atoms with E-state index in [9.17, 15) is 9.59 Å². The maximum atomic E-state index is 12.6. The number of anilines is 1. The maximum absolute atomic E-state index is 12.6. The zero-order valence-corrected chi connectivity index (χ0v) is 15.3. The number of carbonyl (C=O) groups excluding carboxylic acids is 2. The van der Waals surface area contributed by atoms with E-state index >= 15 is 0 Å². The molecule has 25 heavy (non-hydrogen) atoms. The molecule has 1 atom stereocenters. The third-order valence-electron chi connectivity index (χ3n) is 4.30. The fourth-order valence-electron chi connectivity index (χ4n) is 2.99. The van der Waals surface area contributed by atoms with Crippen molar-refractivity contribution in [2.45, 2.75) is 39.5 Å². The van der Waals surface area contributed by atoms with Crippen molar-refractivity contribution < 1.29 is 14.3 Å². The lowest BCUT2D eigenvalue weighted by Crippen LogP contribution is -2.17. The molecule has 0 fully saturated rings. The Balaban J connectivity index is 1.92. The van der Waals surface area contributed by atoms with Crippen molar-refractivity contribution >= 4 is 28.2 Å². The zero-order valence-electron chi connectivity index (χ0n) is 14.5. The van der Waals surface area contributed by atoms with Crippen molar-refractivity contribution in [2.75, 3.05) is 11.9 Å². The first-order valence-electron chi connectivity index (χ1n) is 8.63. The van der Waals surface area contributed by atoms with Crippen LogP contribution in [-0.4, -0.2) is 23.5 Å². The molecule has 1 aliphatic rings. The molecular weight excluding hydrogens is 336 g/mol. The Hall–Kier alpha value is -2.21. The van der Waals surface area contributed by atoms with Crippen LogP contribution in [0.2, 0.25) is 0 Å². The average Bonchev–Trinajstić information content (AvgIpc) is 2.97. The molecule has 0 aliphatic heterocycles. The summed E-state index contributed by atoms with van der Waals surface area (Å²) in [5.41, 5.74) is 2.05. The van der Waals surface area contributed by atoms with Crippen molar-refractivity contribution in [3.63, 3.8) is 0 Å². The average molecular weight is 358 g/mol. The minimum Gasteiger partial charge on any atom is -0.462 e. The number of thiophene rings is 1. The van der Waals surface area contributed by atoms with E-state index < -0.39 is 0 Å². The Morgan fingerprint density at radius 3 is 3.00 bits per heavy atom. The molecule has 3 rings (SSSR count). The van der Waals surface area contributed by atoms with Crippen molar-refractivity contribution in [1.29, 1.82) is 0 Å². The minimum atomic E-state index is -0.338. The topological polar surface area (TPSA) is 68.3 Å². The molecule has 0 unspecified atom stereocenters. The molecule has 5 nitrogen and oxygen atoms in total.